The maximum Gasteiger partial charge on any atom is 0.337 e. The van der Waals surface area contributed by atoms with Gasteiger partial charge >= 0.3 is 5.97 Å². The number of aromatic nitrogens is 2. The Morgan fingerprint density at radius 2 is 1.89 bits per heavy atom. The zero-order valence-electron chi connectivity index (χ0n) is 15.7. The van der Waals surface area contributed by atoms with Gasteiger partial charge in [0.05, 0.1) is 41.6 Å². The molecule has 2 aromatic rings. The largest absolute Gasteiger partial charge is 0.465 e. The molecule has 1 aliphatic rings. The summed E-state index contributed by atoms with van der Waals surface area (Å²) in [5, 5.41) is 4.29. The molecule has 28 heavy (non-hydrogen) atoms. The van der Waals surface area contributed by atoms with Crippen LogP contribution in [0.3, 0.4) is 0 Å². The highest BCUT2D eigenvalue weighted by Gasteiger charge is 2.33. The molecule has 0 unspecified atom stereocenters. The number of anilines is 1. The van der Waals surface area contributed by atoms with Crippen LogP contribution in [0, 0.1) is 13.8 Å². The normalized spacial score (nSPS) is 18.8. The average Bonchev–Trinajstić information content (AvgIpc) is 3.13. The van der Waals surface area contributed by atoms with Crippen molar-refractivity contribution in [1.29, 1.82) is 0 Å². The Balaban J connectivity index is 1.89. The van der Waals surface area contributed by atoms with Crippen molar-refractivity contribution in [2.24, 2.45) is 0 Å². The van der Waals surface area contributed by atoms with E-state index in [4.69, 9.17) is 0 Å². The number of esters is 1. The summed E-state index contributed by atoms with van der Waals surface area (Å²) in [7, 11) is -5.81. The summed E-state index contributed by atoms with van der Waals surface area (Å²) in [5.41, 5.74) is 1.26. The number of carbonyl (C=O) groups excluding carboxylic acids is 1. The third-order valence-corrected chi connectivity index (χ3v) is 8.02. The molecule has 0 bridgehead atoms. The van der Waals surface area contributed by atoms with Crippen LogP contribution in [0.2, 0.25) is 0 Å². The fraction of sp³-hybridized carbons (Fsp3) is 0.412. The van der Waals surface area contributed by atoms with Gasteiger partial charge in [-0.1, -0.05) is 0 Å². The molecule has 3 rings (SSSR count). The lowest BCUT2D eigenvalue weighted by Gasteiger charge is -2.12. The van der Waals surface area contributed by atoms with E-state index >= 15 is 0 Å². The first-order valence-corrected chi connectivity index (χ1v) is 11.8. The molecule has 0 radical (unpaired) electrons. The van der Waals surface area contributed by atoms with Crippen LogP contribution >= 0.6 is 0 Å². The Kier molecular flexibility index (Phi) is 5.24. The van der Waals surface area contributed by atoms with Crippen LogP contribution in [0.5, 0.6) is 0 Å². The van der Waals surface area contributed by atoms with Crippen molar-refractivity contribution in [2.75, 3.05) is 23.3 Å². The highest BCUT2D eigenvalue weighted by molar-refractivity contribution is 7.92. The number of nitrogens with one attached hydrogen (secondary N) is 1. The Morgan fingerprint density at radius 3 is 2.43 bits per heavy atom. The Hall–Kier alpha value is -2.40. The lowest BCUT2D eigenvalue weighted by Crippen LogP contribution is -2.17. The van der Waals surface area contributed by atoms with Gasteiger partial charge < -0.3 is 4.74 Å². The van der Waals surface area contributed by atoms with Gasteiger partial charge in [0.25, 0.3) is 10.0 Å². The van der Waals surface area contributed by atoms with Gasteiger partial charge in [0.1, 0.15) is 4.90 Å². The van der Waals surface area contributed by atoms with E-state index in [0.29, 0.717) is 23.4 Å². The highest BCUT2D eigenvalue weighted by Crippen LogP contribution is 2.29. The van der Waals surface area contributed by atoms with Crippen molar-refractivity contribution in [3.05, 3.63) is 41.2 Å². The fourth-order valence-corrected chi connectivity index (χ4v) is 6.51. The predicted molar refractivity (Wildman–Crippen MR) is 103 cm³/mol. The number of hydrogen-bond acceptors (Lipinski definition) is 7. The first-order valence-electron chi connectivity index (χ1n) is 8.51. The van der Waals surface area contributed by atoms with E-state index < -0.39 is 25.8 Å². The molecule has 1 N–H and O–H groups in total. The first kappa shape index (κ1) is 20.3. The summed E-state index contributed by atoms with van der Waals surface area (Å²) >= 11 is 0. The summed E-state index contributed by atoms with van der Waals surface area (Å²) in [6.45, 7) is 3.18. The average molecular weight is 428 g/mol. The smallest absolute Gasteiger partial charge is 0.337 e. The number of ether oxygens (including phenoxy) is 1. The maximum absolute atomic E-state index is 12.9. The molecule has 1 saturated heterocycles. The van der Waals surface area contributed by atoms with Crippen LogP contribution in [0.4, 0.5) is 5.69 Å². The molecule has 11 heteroatoms. The number of sulfone groups is 1. The summed E-state index contributed by atoms with van der Waals surface area (Å²) in [5.74, 6) is -0.492. The van der Waals surface area contributed by atoms with E-state index in [1.807, 2.05) is 0 Å². The van der Waals surface area contributed by atoms with Gasteiger partial charge in [-0.3, -0.25) is 9.40 Å². The molecule has 2 heterocycles. The lowest BCUT2D eigenvalue weighted by atomic mass is 10.2. The molecule has 1 aromatic carbocycles. The van der Waals surface area contributed by atoms with E-state index in [9.17, 15) is 21.6 Å². The van der Waals surface area contributed by atoms with Gasteiger partial charge in [-0.2, -0.15) is 5.10 Å². The molecule has 1 fully saturated rings. The van der Waals surface area contributed by atoms with Crippen LogP contribution in [0.15, 0.2) is 29.2 Å². The minimum Gasteiger partial charge on any atom is -0.465 e. The van der Waals surface area contributed by atoms with Crippen molar-refractivity contribution >= 4 is 31.5 Å². The van der Waals surface area contributed by atoms with Gasteiger partial charge in [-0.05, 0) is 44.5 Å². The van der Waals surface area contributed by atoms with Crippen LogP contribution in [-0.4, -0.2) is 51.2 Å². The molecule has 0 spiro atoms. The van der Waals surface area contributed by atoms with Crippen molar-refractivity contribution in [3.8, 4) is 0 Å². The van der Waals surface area contributed by atoms with Gasteiger partial charge in [0.2, 0.25) is 0 Å². The molecule has 152 valence electrons. The van der Waals surface area contributed by atoms with E-state index in [1.165, 1.54) is 36.1 Å². The number of nitrogens with zero attached hydrogens (tertiary/aromatic N) is 2. The van der Waals surface area contributed by atoms with Gasteiger partial charge in [-0.15, -0.1) is 0 Å². The van der Waals surface area contributed by atoms with E-state index in [2.05, 4.69) is 14.6 Å². The van der Waals surface area contributed by atoms with Crippen molar-refractivity contribution in [3.63, 3.8) is 0 Å². The molecule has 9 nitrogen and oxygen atoms in total. The van der Waals surface area contributed by atoms with E-state index in [1.54, 1.807) is 13.8 Å². The van der Waals surface area contributed by atoms with E-state index in [0.717, 1.165) is 0 Å². The maximum atomic E-state index is 12.9. The van der Waals surface area contributed by atoms with Gasteiger partial charge in [0.15, 0.2) is 9.84 Å². The van der Waals surface area contributed by atoms with Crippen LogP contribution in [0.25, 0.3) is 0 Å². The lowest BCUT2D eigenvalue weighted by molar-refractivity contribution is 0.0600. The quantitative estimate of drug-likeness (QED) is 0.716. The van der Waals surface area contributed by atoms with Crippen molar-refractivity contribution in [1.82, 2.24) is 9.78 Å². The summed E-state index contributed by atoms with van der Waals surface area (Å²) in [6, 6.07) is 5.46. The molecule has 1 atom stereocenters. The topological polar surface area (TPSA) is 124 Å². The monoisotopic (exact) mass is 427 g/mol. The second-order valence-electron chi connectivity index (χ2n) is 6.68. The number of methoxy groups -OCH3 is 1. The second kappa shape index (κ2) is 7.21. The number of carbonyl (C=O) groups is 1. The molecular formula is C17H21N3O6S2. The van der Waals surface area contributed by atoms with Crippen LogP contribution in [-0.2, 0) is 24.6 Å². The second-order valence-corrected chi connectivity index (χ2v) is 10.5. The minimum atomic E-state index is -3.95. The van der Waals surface area contributed by atoms with Gasteiger partial charge in [0, 0.05) is 5.69 Å². The van der Waals surface area contributed by atoms with Crippen molar-refractivity contribution in [2.45, 2.75) is 31.2 Å². The molecule has 0 aliphatic carbocycles. The number of rotatable bonds is 5. The number of benzene rings is 1. The summed E-state index contributed by atoms with van der Waals surface area (Å²) in [4.78, 5) is 11.5. The third-order valence-electron chi connectivity index (χ3n) is 4.64. The molecule has 1 aromatic heterocycles. The van der Waals surface area contributed by atoms with E-state index in [-0.39, 0.29) is 28.1 Å². The molecule has 0 amide bonds. The van der Waals surface area contributed by atoms with Gasteiger partial charge in [-0.25, -0.2) is 21.6 Å². The fourth-order valence-electron chi connectivity index (χ4n) is 3.36. The van der Waals surface area contributed by atoms with Crippen LogP contribution < -0.4 is 4.72 Å². The minimum absolute atomic E-state index is 0.0221. The predicted octanol–water partition coefficient (Wildman–Crippen LogP) is 1.45. The molecule has 1 aliphatic heterocycles. The Labute approximate surface area is 163 Å². The molecule has 0 saturated carbocycles. The Bertz CT molecular complexity index is 1120. The highest BCUT2D eigenvalue weighted by atomic mass is 32.2. The molecular weight excluding hydrogens is 406 g/mol. The zero-order chi connectivity index (χ0) is 20.7. The van der Waals surface area contributed by atoms with Crippen molar-refractivity contribution < 1.29 is 26.4 Å². The van der Waals surface area contributed by atoms with Crippen LogP contribution in [0.1, 0.15) is 34.2 Å². The number of aryl methyl sites for hydroxylation is 1. The summed E-state index contributed by atoms with van der Waals surface area (Å²) in [6.07, 6.45) is 0.409. The standard InChI is InChI=1S/C17H21N3O6S2/c1-11-16(12(2)20(18-11)15-8-9-27(22,23)10-15)28(24,25)19-14-6-4-13(5-7-14)17(21)26-3/h4-7,15,19H,8-10H2,1-3H3/t15-/m0/s1. The number of hydrogen-bond donors (Lipinski definition) is 1. The zero-order valence-corrected chi connectivity index (χ0v) is 17.3. The third kappa shape index (κ3) is 3.90. The SMILES string of the molecule is COC(=O)c1ccc(NS(=O)(=O)c2c(C)nn([C@H]3CCS(=O)(=O)C3)c2C)cc1. The number of sulfonamides is 1. The summed E-state index contributed by atoms with van der Waals surface area (Å²) < 4.78 is 57.9. The first-order chi connectivity index (χ1) is 13.0. The Morgan fingerprint density at radius 1 is 1.25 bits per heavy atom.